The molecule has 1 saturated heterocycles. The highest BCUT2D eigenvalue weighted by atomic mass is 17.2. The first-order valence-electron chi connectivity index (χ1n) is 14.7. The molecule has 1 fully saturated rings. The Kier molecular flexibility index (Phi) is 13.2. The third-order valence-corrected chi connectivity index (χ3v) is 7.41. The van der Waals surface area contributed by atoms with Crippen molar-refractivity contribution in [3.05, 3.63) is 84.3 Å². The third kappa shape index (κ3) is 10.2. The number of aromatic nitrogens is 2. The molecule has 3 atom stereocenters. The first kappa shape index (κ1) is 35.4. The van der Waals surface area contributed by atoms with Crippen LogP contribution in [0.4, 0.5) is 5.82 Å². The second-order valence-electron chi connectivity index (χ2n) is 11.4. The summed E-state index contributed by atoms with van der Waals surface area (Å²) in [7, 11) is 1.45. The molecule has 0 spiro atoms. The molecule has 0 bridgehead atoms. The maximum atomic E-state index is 13.9. The Labute approximate surface area is 265 Å². The number of rotatable bonds is 15. The summed E-state index contributed by atoms with van der Waals surface area (Å²) in [5, 5.41) is 5.45. The van der Waals surface area contributed by atoms with Crippen molar-refractivity contribution in [2.45, 2.75) is 70.8 Å². The zero-order chi connectivity index (χ0) is 31.5. The second kappa shape index (κ2) is 16.8. The van der Waals surface area contributed by atoms with E-state index < -0.39 is 29.4 Å². The van der Waals surface area contributed by atoms with Crippen molar-refractivity contribution < 1.29 is 28.9 Å². The lowest BCUT2D eigenvalue weighted by Gasteiger charge is -2.29. The van der Waals surface area contributed by atoms with Crippen LogP contribution in [0.1, 0.15) is 51.3 Å². The van der Waals surface area contributed by atoms with Gasteiger partial charge in [0.2, 0.25) is 11.8 Å². The number of carbonyl (C=O) groups excluding carboxylic acids is 3. The minimum absolute atomic E-state index is 0. The van der Waals surface area contributed by atoms with Crippen LogP contribution in [0.15, 0.2) is 73.2 Å². The molecule has 0 radical (unpaired) electrons. The summed E-state index contributed by atoms with van der Waals surface area (Å²) in [5.41, 5.74) is 6.68. The lowest BCUT2D eigenvalue weighted by atomic mass is 10.0. The lowest BCUT2D eigenvalue weighted by molar-refractivity contribution is -0.278. The molecule has 244 valence electrons. The van der Waals surface area contributed by atoms with Crippen LogP contribution in [0.25, 0.3) is 0 Å². The highest BCUT2D eigenvalue weighted by molar-refractivity contribution is 5.98. The van der Waals surface area contributed by atoms with Crippen LogP contribution >= 0.6 is 0 Å². The lowest BCUT2D eigenvalue weighted by Crippen LogP contribution is -2.56. The van der Waals surface area contributed by atoms with Gasteiger partial charge < -0.3 is 30.6 Å². The molecule has 4 rings (SSSR count). The van der Waals surface area contributed by atoms with E-state index in [9.17, 15) is 14.4 Å². The number of imidazole rings is 1. The van der Waals surface area contributed by atoms with Crippen LogP contribution in [0.3, 0.4) is 0 Å². The van der Waals surface area contributed by atoms with Crippen LogP contribution in [0.5, 0.6) is 0 Å². The van der Waals surface area contributed by atoms with Gasteiger partial charge in [0.15, 0.2) is 5.82 Å². The molecule has 12 heteroatoms. The van der Waals surface area contributed by atoms with Gasteiger partial charge in [0, 0.05) is 19.2 Å². The van der Waals surface area contributed by atoms with Crippen molar-refractivity contribution >= 4 is 23.5 Å². The summed E-state index contributed by atoms with van der Waals surface area (Å²) in [4.78, 5) is 56.1. The number of likely N-dealkylation sites (tertiary alicyclic amines) is 1. The van der Waals surface area contributed by atoms with Crippen LogP contribution in [0, 0.1) is 0 Å². The molecule has 2 unspecified atom stereocenters. The van der Waals surface area contributed by atoms with E-state index in [1.807, 2.05) is 65.6 Å². The maximum absolute atomic E-state index is 13.9. The van der Waals surface area contributed by atoms with Gasteiger partial charge in [0.05, 0.1) is 38.2 Å². The Morgan fingerprint density at radius 2 is 1.73 bits per heavy atom. The smallest absolute Gasteiger partial charge is 0.250 e. The van der Waals surface area contributed by atoms with Crippen LogP contribution in [-0.2, 0) is 41.9 Å². The van der Waals surface area contributed by atoms with Crippen molar-refractivity contribution in [3.63, 3.8) is 0 Å². The summed E-state index contributed by atoms with van der Waals surface area (Å²) < 4.78 is 7.49. The van der Waals surface area contributed by atoms with E-state index in [2.05, 4.69) is 15.6 Å². The van der Waals surface area contributed by atoms with Crippen LogP contribution in [0.2, 0.25) is 0 Å². The first-order chi connectivity index (χ1) is 21.2. The molecule has 2 aromatic carbocycles. The van der Waals surface area contributed by atoms with E-state index in [1.165, 1.54) is 13.4 Å². The fraction of sp³-hybridized carbons (Fsp3) is 0.455. The third-order valence-electron chi connectivity index (χ3n) is 7.41. The Morgan fingerprint density at radius 1 is 1.07 bits per heavy atom. The Bertz CT molecular complexity index is 1360. The first-order valence-corrected chi connectivity index (χ1v) is 14.7. The van der Waals surface area contributed by atoms with Gasteiger partial charge in [-0.3, -0.25) is 14.4 Å². The number of benzene rings is 2. The molecule has 2 heterocycles. The number of nitrogens with one attached hydrogen (secondary N) is 2. The van der Waals surface area contributed by atoms with E-state index in [1.54, 1.807) is 24.6 Å². The second-order valence-corrected chi connectivity index (χ2v) is 11.4. The van der Waals surface area contributed by atoms with Gasteiger partial charge in [0.25, 0.3) is 5.91 Å². The number of anilines is 1. The SMILES string of the molecule is C.COOCC1CCCN1C(=O)C(Cc1ccccc1)n1cnc(NC(=O)[C@@H](COCc2ccccc2)NC(=O)C(C)(C)N)c1. The molecule has 1 aliphatic rings. The van der Waals surface area contributed by atoms with Crippen LogP contribution in [-0.4, -0.2) is 76.7 Å². The number of hydrogen-bond acceptors (Lipinski definition) is 8. The van der Waals surface area contributed by atoms with Crippen LogP contribution < -0.4 is 16.4 Å². The molecule has 1 aliphatic heterocycles. The van der Waals surface area contributed by atoms with Gasteiger partial charge in [-0.25, -0.2) is 14.8 Å². The van der Waals surface area contributed by atoms with Crippen molar-refractivity contribution in [2.75, 3.05) is 32.2 Å². The van der Waals surface area contributed by atoms with Gasteiger partial charge in [-0.1, -0.05) is 68.1 Å². The van der Waals surface area contributed by atoms with E-state index in [-0.39, 0.29) is 45.0 Å². The molecule has 1 aromatic heterocycles. The van der Waals surface area contributed by atoms with Crippen molar-refractivity contribution in [1.82, 2.24) is 19.8 Å². The number of nitrogens with two attached hydrogens (primary N) is 1. The van der Waals surface area contributed by atoms with Crippen molar-refractivity contribution in [3.8, 4) is 0 Å². The molecule has 4 N–H and O–H groups in total. The number of carbonyl (C=O) groups is 3. The number of hydrogen-bond donors (Lipinski definition) is 3. The monoisotopic (exact) mass is 622 g/mol. The molecule has 0 aliphatic carbocycles. The van der Waals surface area contributed by atoms with Gasteiger partial charge in [-0.15, -0.1) is 0 Å². The quantitative estimate of drug-likeness (QED) is 0.173. The molecule has 12 nitrogen and oxygen atoms in total. The molecular formula is C33H46N6O6. The standard InChI is InChI=1S/C32H42N6O6.CH4/c1-32(2,33)31(41)35-26(21-43-19-24-13-8-5-9-14-24)29(39)36-28-18-37(22-34-28)27(17-23-11-6-4-7-12-23)30(40)38-16-10-15-25(38)20-44-42-3;/h4-9,11-14,18,22,25-27H,10,15-17,19-21,33H2,1-3H3,(H,35,41)(H,36,39);1H4/t25?,26-,27?;/m1./s1. The van der Waals surface area contributed by atoms with Crippen molar-refractivity contribution in [2.24, 2.45) is 5.73 Å². The predicted octanol–water partition coefficient (Wildman–Crippen LogP) is 3.25. The molecule has 3 amide bonds. The molecule has 45 heavy (non-hydrogen) atoms. The normalized spacial score (nSPS) is 16.0. The van der Waals surface area contributed by atoms with E-state index in [0.29, 0.717) is 13.0 Å². The fourth-order valence-electron chi connectivity index (χ4n) is 4.98. The number of amides is 3. The van der Waals surface area contributed by atoms with E-state index >= 15 is 0 Å². The number of nitrogens with zero attached hydrogens (tertiary/aromatic N) is 3. The largest absolute Gasteiger partial charge is 0.374 e. The van der Waals surface area contributed by atoms with Crippen molar-refractivity contribution in [1.29, 1.82) is 0 Å². The summed E-state index contributed by atoms with van der Waals surface area (Å²) in [6, 6.07) is 17.5. The molecule has 3 aromatic rings. The zero-order valence-corrected chi connectivity index (χ0v) is 25.5. The molecule has 0 saturated carbocycles. The van der Waals surface area contributed by atoms with Gasteiger partial charge in [-0.05, 0) is 37.8 Å². The fourth-order valence-corrected chi connectivity index (χ4v) is 4.98. The minimum atomic E-state index is -1.20. The summed E-state index contributed by atoms with van der Waals surface area (Å²) in [5.74, 6) is -0.868. The summed E-state index contributed by atoms with van der Waals surface area (Å²) in [6.45, 7) is 4.18. The minimum Gasteiger partial charge on any atom is -0.374 e. The summed E-state index contributed by atoms with van der Waals surface area (Å²) >= 11 is 0. The van der Waals surface area contributed by atoms with Gasteiger partial charge in [-0.2, -0.15) is 0 Å². The topological polar surface area (TPSA) is 150 Å². The molecular weight excluding hydrogens is 576 g/mol. The van der Waals surface area contributed by atoms with E-state index in [0.717, 1.165) is 24.0 Å². The summed E-state index contributed by atoms with van der Waals surface area (Å²) in [6.07, 6.45) is 5.26. The Balaban J connectivity index is 0.00000552. The van der Waals surface area contributed by atoms with E-state index in [4.69, 9.17) is 20.2 Å². The van der Waals surface area contributed by atoms with Gasteiger partial charge >= 0.3 is 0 Å². The predicted molar refractivity (Wildman–Crippen MR) is 171 cm³/mol. The van der Waals surface area contributed by atoms with Gasteiger partial charge in [0.1, 0.15) is 18.7 Å². The average Bonchev–Trinajstić information content (AvgIpc) is 3.68. The maximum Gasteiger partial charge on any atom is 0.250 e. The number of ether oxygens (including phenoxy) is 1. The Hall–Kier alpha value is -4.10. The Morgan fingerprint density at radius 3 is 2.38 bits per heavy atom. The highest BCUT2D eigenvalue weighted by Gasteiger charge is 2.35. The average molecular weight is 623 g/mol. The zero-order valence-electron chi connectivity index (χ0n) is 25.5. The highest BCUT2D eigenvalue weighted by Crippen LogP contribution is 2.25.